The molecule has 0 saturated heterocycles. The second-order valence-corrected chi connectivity index (χ2v) is 7.56. The molecule has 0 aromatic heterocycles. The van der Waals surface area contributed by atoms with E-state index in [4.69, 9.17) is 5.73 Å². The Labute approximate surface area is 124 Å². The summed E-state index contributed by atoms with van der Waals surface area (Å²) < 4.78 is 0. The second kappa shape index (κ2) is 6.28. The standard InChI is InChI=1S/C18H30N2/c1-13(20-12-15-10-17(19)11-15)9-14-5-7-16(8-6-14)18(2,3)4/h5-8,13,15,17,20H,9-12,19H2,1-4H3. The number of hydrogen-bond donors (Lipinski definition) is 2. The number of benzene rings is 1. The molecule has 0 amide bonds. The van der Waals surface area contributed by atoms with E-state index in [-0.39, 0.29) is 5.41 Å². The van der Waals surface area contributed by atoms with E-state index in [1.807, 2.05) is 0 Å². The molecule has 1 aliphatic rings. The maximum Gasteiger partial charge on any atom is 0.00792 e. The predicted octanol–water partition coefficient (Wildman–Crippen LogP) is 3.24. The Morgan fingerprint density at radius 3 is 2.30 bits per heavy atom. The lowest BCUT2D eigenvalue weighted by Crippen LogP contribution is -2.43. The molecule has 2 rings (SSSR count). The monoisotopic (exact) mass is 274 g/mol. The molecule has 0 heterocycles. The molecule has 0 spiro atoms. The van der Waals surface area contributed by atoms with Crippen LogP contribution < -0.4 is 11.1 Å². The van der Waals surface area contributed by atoms with Crippen molar-refractivity contribution in [1.29, 1.82) is 0 Å². The van der Waals surface area contributed by atoms with Gasteiger partial charge < -0.3 is 11.1 Å². The molecule has 1 atom stereocenters. The quantitative estimate of drug-likeness (QED) is 0.865. The largest absolute Gasteiger partial charge is 0.328 e. The highest BCUT2D eigenvalue weighted by atomic mass is 14.9. The Kier molecular flexibility index (Phi) is 4.87. The van der Waals surface area contributed by atoms with Crippen molar-refractivity contribution in [2.24, 2.45) is 11.7 Å². The Morgan fingerprint density at radius 2 is 1.80 bits per heavy atom. The number of nitrogens with two attached hydrogens (primary N) is 1. The SMILES string of the molecule is CC(Cc1ccc(C(C)(C)C)cc1)NCC1CC(N)C1. The van der Waals surface area contributed by atoms with Gasteiger partial charge in [-0.05, 0) is 55.2 Å². The van der Waals surface area contributed by atoms with Crippen molar-refractivity contribution in [3.05, 3.63) is 35.4 Å². The van der Waals surface area contributed by atoms with Gasteiger partial charge in [0.25, 0.3) is 0 Å². The molecule has 112 valence electrons. The van der Waals surface area contributed by atoms with Crippen LogP contribution in [-0.2, 0) is 11.8 Å². The van der Waals surface area contributed by atoms with Gasteiger partial charge in [-0.25, -0.2) is 0 Å². The third-order valence-corrected chi connectivity index (χ3v) is 4.39. The Bertz CT molecular complexity index is 410. The molecule has 1 aliphatic carbocycles. The van der Waals surface area contributed by atoms with Gasteiger partial charge in [0.2, 0.25) is 0 Å². The predicted molar refractivity (Wildman–Crippen MR) is 87.0 cm³/mol. The van der Waals surface area contributed by atoms with Crippen molar-refractivity contribution in [2.75, 3.05) is 6.54 Å². The van der Waals surface area contributed by atoms with E-state index in [0.29, 0.717) is 12.1 Å². The maximum absolute atomic E-state index is 5.82. The van der Waals surface area contributed by atoms with Gasteiger partial charge in [-0.3, -0.25) is 0 Å². The minimum atomic E-state index is 0.241. The van der Waals surface area contributed by atoms with E-state index in [0.717, 1.165) is 18.9 Å². The molecular formula is C18H30N2. The first-order chi connectivity index (χ1) is 9.34. The average molecular weight is 274 g/mol. The van der Waals surface area contributed by atoms with Crippen LogP contribution in [0.3, 0.4) is 0 Å². The summed E-state index contributed by atoms with van der Waals surface area (Å²) >= 11 is 0. The van der Waals surface area contributed by atoms with Crippen LogP contribution in [-0.4, -0.2) is 18.6 Å². The molecule has 1 unspecified atom stereocenters. The molecule has 0 aliphatic heterocycles. The van der Waals surface area contributed by atoms with Gasteiger partial charge in [0.15, 0.2) is 0 Å². The van der Waals surface area contributed by atoms with Crippen molar-refractivity contribution in [3.8, 4) is 0 Å². The molecule has 2 heteroatoms. The lowest BCUT2D eigenvalue weighted by molar-refractivity contribution is 0.249. The molecule has 1 aromatic rings. The third-order valence-electron chi connectivity index (χ3n) is 4.39. The summed E-state index contributed by atoms with van der Waals surface area (Å²) in [6, 6.07) is 10.1. The van der Waals surface area contributed by atoms with Crippen LogP contribution in [0.1, 0.15) is 51.7 Å². The fourth-order valence-corrected chi connectivity index (χ4v) is 2.89. The normalized spacial score (nSPS) is 24.2. The van der Waals surface area contributed by atoms with Crippen LogP contribution in [0.25, 0.3) is 0 Å². The van der Waals surface area contributed by atoms with Gasteiger partial charge in [-0.15, -0.1) is 0 Å². The molecule has 3 N–H and O–H groups in total. The highest BCUT2D eigenvalue weighted by Gasteiger charge is 2.25. The zero-order valence-electron chi connectivity index (χ0n) is 13.4. The van der Waals surface area contributed by atoms with E-state index in [2.05, 4.69) is 57.3 Å². The van der Waals surface area contributed by atoms with Crippen LogP contribution in [0.15, 0.2) is 24.3 Å². The van der Waals surface area contributed by atoms with Crippen LogP contribution >= 0.6 is 0 Å². The van der Waals surface area contributed by atoms with E-state index in [1.54, 1.807) is 0 Å². The summed E-state index contributed by atoms with van der Waals surface area (Å²) in [5, 5.41) is 3.64. The van der Waals surface area contributed by atoms with Crippen LogP contribution in [0.4, 0.5) is 0 Å². The number of hydrogen-bond acceptors (Lipinski definition) is 2. The Hall–Kier alpha value is -0.860. The first-order valence-corrected chi connectivity index (χ1v) is 7.93. The van der Waals surface area contributed by atoms with Crippen LogP contribution in [0.2, 0.25) is 0 Å². The Balaban J connectivity index is 1.77. The second-order valence-electron chi connectivity index (χ2n) is 7.56. The lowest BCUT2D eigenvalue weighted by Gasteiger charge is -2.33. The van der Waals surface area contributed by atoms with Crippen molar-refractivity contribution >= 4 is 0 Å². The fraction of sp³-hybridized carbons (Fsp3) is 0.667. The minimum Gasteiger partial charge on any atom is -0.328 e. The Morgan fingerprint density at radius 1 is 1.20 bits per heavy atom. The van der Waals surface area contributed by atoms with Crippen molar-refractivity contribution < 1.29 is 0 Å². The number of rotatable bonds is 5. The van der Waals surface area contributed by atoms with E-state index in [9.17, 15) is 0 Å². The summed E-state index contributed by atoms with van der Waals surface area (Å²) in [6.45, 7) is 10.2. The minimum absolute atomic E-state index is 0.241. The summed E-state index contributed by atoms with van der Waals surface area (Å²) in [6.07, 6.45) is 3.49. The number of nitrogens with one attached hydrogen (secondary N) is 1. The van der Waals surface area contributed by atoms with E-state index < -0.39 is 0 Å². The van der Waals surface area contributed by atoms with Crippen LogP contribution in [0, 0.1) is 5.92 Å². The molecule has 0 bridgehead atoms. The van der Waals surface area contributed by atoms with Gasteiger partial charge in [-0.1, -0.05) is 45.0 Å². The first kappa shape index (κ1) is 15.5. The van der Waals surface area contributed by atoms with Gasteiger partial charge >= 0.3 is 0 Å². The highest BCUT2D eigenvalue weighted by Crippen LogP contribution is 2.25. The average Bonchev–Trinajstić information content (AvgIpc) is 2.33. The molecule has 2 nitrogen and oxygen atoms in total. The zero-order chi connectivity index (χ0) is 14.8. The van der Waals surface area contributed by atoms with Gasteiger partial charge in [-0.2, -0.15) is 0 Å². The van der Waals surface area contributed by atoms with Gasteiger partial charge in [0, 0.05) is 12.1 Å². The lowest BCUT2D eigenvalue weighted by atomic mass is 9.81. The van der Waals surface area contributed by atoms with Gasteiger partial charge in [0.05, 0.1) is 0 Å². The van der Waals surface area contributed by atoms with E-state index in [1.165, 1.54) is 24.0 Å². The first-order valence-electron chi connectivity index (χ1n) is 7.93. The molecule has 1 saturated carbocycles. The highest BCUT2D eigenvalue weighted by molar-refractivity contribution is 5.27. The molecule has 1 fully saturated rings. The summed E-state index contributed by atoms with van der Waals surface area (Å²) in [5.41, 5.74) is 8.89. The molecule has 20 heavy (non-hydrogen) atoms. The molecular weight excluding hydrogens is 244 g/mol. The van der Waals surface area contributed by atoms with Crippen molar-refractivity contribution in [2.45, 2.75) is 64.5 Å². The smallest absolute Gasteiger partial charge is 0.00792 e. The third kappa shape index (κ3) is 4.32. The van der Waals surface area contributed by atoms with E-state index >= 15 is 0 Å². The van der Waals surface area contributed by atoms with Crippen LogP contribution in [0.5, 0.6) is 0 Å². The zero-order valence-corrected chi connectivity index (χ0v) is 13.4. The molecule has 0 radical (unpaired) electrons. The summed E-state index contributed by atoms with van der Waals surface area (Å²) in [7, 11) is 0. The van der Waals surface area contributed by atoms with Crippen molar-refractivity contribution in [3.63, 3.8) is 0 Å². The van der Waals surface area contributed by atoms with Crippen molar-refractivity contribution in [1.82, 2.24) is 5.32 Å². The maximum atomic E-state index is 5.82. The summed E-state index contributed by atoms with van der Waals surface area (Å²) in [4.78, 5) is 0. The fourth-order valence-electron chi connectivity index (χ4n) is 2.89. The molecule has 1 aromatic carbocycles. The topological polar surface area (TPSA) is 38.0 Å². The van der Waals surface area contributed by atoms with Gasteiger partial charge in [0.1, 0.15) is 0 Å². The summed E-state index contributed by atoms with van der Waals surface area (Å²) in [5.74, 6) is 0.802.